The van der Waals surface area contributed by atoms with Crippen LogP contribution in [0.1, 0.15) is 39.5 Å². The van der Waals surface area contributed by atoms with Crippen LogP contribution in [-0.4, -0.2) is 41.9 Å². The molecular weight excluding hydrogens is 236 g/mol. The summed E-state index contributed by atoms with van der Waals surface area (Å²) in [5, 5.41) is 3.20. The van der Waals surface area contributed by atoms with Gasteiger partial charge in [-0.15, -0.1) is 11.6 Å². The van der Waals surface area contributed by atoms with Crippen molar-refractivity contribution in [1.82, 2.24) is 10.2 Å². The third-order valence-corrected chi connectivity index (χ3v) is 4.79. The number of amides is 1. The first kappa shape index (κ1) is 13.2. The minimum absolute atomic E-state index is 0.102. The lowest BCUT2D eigenvalue weighted by molar-refractivity contribution is -0.129. The molecule has 0 spiro atoms. The molecule has 3 nitrogen and oxygen atoms in total. The summed E-state index contributed by atoms with van der Waals surface area (Å²) in [7, 11) is 0. The standard InChI is InChI=1S/C13H23ClN2O/c1-13(2,9-14)12(17)15-10-6-8-16-7-4-3-5-11(10)16/h10-11H,3-9H2,1-2H3,(H,15,17). The second-order valence-electron chi connectivity index (χ2n) is 5.99. The van der Waals surface area contributed by atoms with Gasteiger partial charge in [-0.3, -0.25) is 9.69 Å². The number of nitrogens with one attached hydrogen (secondary N) is 1. The number of hydrogen-bond donors (Lipinski definition) is 1. The van der Waals surface area contributed by atoms with Gasteiger partial charge in [0.25, 0.3) is 0 Å². The van der Waals surface area contributed by atoms with Crippen LogP contribution in [0.3, 0.4) is 0 Å². The number of rotatable bonds is 3. The van der Waals surface area contributed by atoms with Crippen molar-refractivity contribution in [1.29, 1.82) is 0 Å². The molecule has 2 saturated heterocycles. The van der Waals surface area contributed by atoms with E-state index in [-0.39, 0.29) is 5.91 Å². The minimum atomic E-state index is -0.455. The molecule has 0 aliphatic carbocycles. The van der Waals surface area contributed by atoms with Crippen LogP contribution in [0, 0.1) is 5.41 Å². The minimum Gasteiger partial charge on any atom is -0.351 e. The van der Waals surface area contributed by atoms with Gasteiger partial charge < -0.3 is 5.32 Å². The molecule has 98 valence electrons. The van der Waals surface area contributed by atoms with E-state index in [2.05, 4.69) is 10.2 Å². The Morgan fingerprint density at radius 2 is 2.12 bits per heavy atom. The fourth-order valence-electron chi connectivity index (χ4n) is 2.84. The van der Waals surface area contributed by atoms with Crippen molar-refractivity contribution in [2.45, 2.75) is 51.6 Å². The van der Waals surface area contributed by atoms with E-state index in [1.807, 2.05) is 13.8 Å². The van der Waals surface area contributed by atoms with Crippen LogP contribution < -0.4 is 5.32 Å². The lowest BCUT2D eigenvalue weighted by atomic mass is 9.93. The smallest absolute Gasteiger partial charge is 0.227 e. The predicted molar refractivity (Wildman–Crippen MR) is 70.3 cm³/mol. The van der Waals surface area contributed by atoms with Crippen molar-refractivity contribution >= 4 is 17.5 Å². The van der Waals surface area contributed by atoms with Crippen molar-refractivity contribution in [3.05, 3.63) is 0 Å². The van der Waals surface area contributed by atoms with Gasteiger partial charge in [-0.05, 0) is 39.7 Å². The first-order chi connectivity index (χ1) is 8.04. The molecule has 1 amide bonds. The van der Waals surface area contributed by atoms with E-state index in [4.69, 9.17) is 11.6 Å². The Kier molecular flexibility index (Phi) is 3.99. The Labute approximate surface area is 109 Å². The summed E-state index contributed by atoms with van der Waals surface area (Å²) in [6, 6.07) is 0.907. The Morgan fingerprint density at radius 1 is 1.35 bits per heavy atom. The van der Waals surface area contributed by atoms with Crippen LogP contribution in [0.25, 0.3) is 0 Å². The van der Waals surface area contributed by atoms with E-state index in [0.717, 1.165) is 13.0 Å². The molecule has 2 fully saturated rings. The van der Waals surface area contributed by atoms with Crippen LogP contribution in [-0.2, 0) is 4.79 Å². The molecule has 17 heavy (non-hydrogen) atoms. The molecule has 0 aromatic rings. The zero-order valence-electron chi connectivity index (χ0n) is 10.8. The van der Waals surface area contributed by atoms with Gasteiger partial charge in [0.05, 0.1) is 5.41 Å². The topological polar surface area (TPSA) is 32.3 Å². The average molecular weight is 259 g/mol. The maximum absolute atomic E-state index is 12.1. The number of hydrogen-bond acceptors (Lipinski definition) is 2. The molecular formula is C13H23ClN2O. The van der Waals surface area contributed by atoms with Crippen LogP contribution in [0.4, 0.5) is 0 Å². The molecule has 2 heterocycles. The van der Waals surface area contributed by atoms with E-state index >= 15 is 0 Å². The highest BCUT2D eigenvalue weighted by Crippen LogP contribution is 2.28. The van der Waals surface area contributed by atoms with Crippen molar-refractivity contribution in [2.75, 3.05) is 19.0 Å². The molecule has 0 aromatic heterocycles. The largest absolute Gasteiger partial charge is 0.351 e. The Morgan fingerprint density at radius 3 is 2.82 bits per heavy atom. The summed E-state index contributed by atoms with van der Waals surface area (Å²) in [5.41, 5.74) is -0.455. The summed E-state index contributed by atoms with van der Waals surface area (Å²) in [6.45, 7) is 6.15. The summed E-state index contributed by atoms with van der Waals surface area (Å²) < 4.78 is 0. The van der Waals surface area contributed by atoms with E-state index in [9.17, 15) is 4.79 Å². The van der Waals surface area contributed by atoms with E-state index in [0.29, 0.717) is 18.0 Å². The highest BCUT2D eigenvalue weighted by Gasteiger charge is 2.38. The molecule has 0 saturated carbocycles. The first-order valence-corrected chi connectivity index (χ1v) is 7.19. The SMILES string of the molecule is CC(C)(CCl)C(=O)NC1CCN2CCCCC12. The molecule has 2 aliphatic rings. The summed E-state index contributed by atoms with van der Waals surface area (Å²) in [6.07, 6.45) is 4.93. The second-order valence-corrected chi connectivity index (χ2v) is 6.25. The highest BCUT2D eigenvalue weighted by molar-refractivity contribution is 6.19. The molecule has 0 aromatic carbocycles. The predicted octanol–water partition coefficient (Wildman–Crippen LogP) is 1.99. The van der Waals surface area contributed by atoms with E-state index in [1.54, 1.807) is 0 Å². The number of nitrogens with zero attached hydrogens (tertiary/aromatic N) is 1. The normalized spacial score (nSPS) is 30.1. The van der Waals surface area contributed by atoms with Crippen molar-refractivity contribution in [3.8, 4) is 0 Å². The van der Waals surface area contributed by atoms with Gasteiger partial charge in [0, 0.05) is 24.5 Å². The van der Waals surface area contributed by atoms with E-state index in [1.165, 1.54) is 25.8 Å². The Balaban J connectivity index is 1.93. The van der Waals surface area contributed by atoms with E-state index < -0.39 is 5.41 Å². The maximum Gasteiger partial charge on any atom is 0.227 e. The molecule has 0 radical (unpaired) electrons. The number of fused-ring (bicyclic) bond motifs is 1. The van der Waals surface area contributed by atoms with Gasteiger partial charge in [-0.1, -0.05) is 6.42 Å². The molecule has 2 rings (SSSR count). The van der Waals surface area contributed by atoms with Crippen LogP contribution in [0.2, 0.25) is 0 Å². The van der Waals surface area contributed by atoms with Gasteiger partial charge in [-0.2, -0.15) is 0 Å². The molecule has 4 heteroatoms. The van der Waals surface area contributed by atoms with Crippen molar-refractivity contribution in [2.24, 2.45) is 5.41 Å². The van der Waals surface area contributed by atoms with Gasteiger partial charge in [0.2, 0.25) is 5.91 Å². The van der Waals surface area contributed by atoms with Crippen molar-refractivity contribution in [3.63, 3.8) is 0 Å². The number of alkyl halides is 1. The number of piperidine rings is 1. The van der Waals surface area contributed by atoms with Gasteiger partial charge in [0.1, 0.15) is 0 Å². The summed E-state index contributed by atoms with van der Waals surface area (Å²) in [4.78, 5) is 14.6. The lowest BCUT2D eigenvalue weighted by Crippen LogP contribution is -2.50. The lowest BCUT2D eigenvalue weighted by Gasteiger charge is -2.33. The Hall–Kier alpha value is -0.280. The third-order valence-electron chi connectivity index (χ3n) is 4.12. The highest BCUT2D eigenvalue weighted by atomic mass is 35.5. The average Bonchev–Trinajstić information content (AvgIpc) is 2.73. The molecule has 0 bridgehead atoms. The first-order valence-electron chi connectivity index (χ1n) is 6.65. The van der Waals surface area contributed by atoms with Crippen LogP contribution in [0.5, 0.6) is 0 Å². The fourth-order valence-corrected chi connectivity index (χ4v) is 2.96. The van der Waals surface area contributed by atoms with Crippen molar-refractivity contribution < 1.29 is 4.79 Å². The van der Waals surface area contributed by atoms with Gasteiger partial charge >= 0.3 is 0 Å². The van der Waals surface area contributed by atoms with Crippen LogP contribution >= 0.6 is 11.6 Å². The number of carbonyl (C=O) groups is 1. The maximum atomic E-state index is 12.1. The zero-order chi connectivity index (χ0) is 12.5. The molecule has 2 unspecified atom stereocenters. The molecule has 2 aliphatic heterocycles. The van der Waals surface area contributed by atoms with Gasteiger partial charge in [-0.25, -0.2) is 0 Å². The zero-order valence-corrected chi connectivity index (χ0v) is 11.6. The third kappa shape index (κ3) is 2.76. The molecule has 1 N–H and O–H groups in total. The summed E-state index contributed by atoms with van der Waals surface area (Å²) >= 11 is 5.84. The fraction of sp³-hybridized carbons (Fsp3) is 0.923. The monoisotopic (exact) mass is 258 g/mol. The van der Waals surface area contributed by atoms with Gasteiger partial charge in [0.15, 0.2) is 0 Å². The number of halogens is 1. The number of carbonyl (C=O) groups excluding carboxylic acids is 1. The van der Waals surface area contributed by atoms with Crippen LogP contribution in [0.15, 0.2) is 0 Å². The molecule has 2 atom stereocenters. The quantitative estimate of drug-likeness (QED) is 0.786. The Bertz CT molecular complexity index is 293. The second kappa shape index (κ2) is 5.15. The summed E-state index contributed by atoms with van der Waals surface area (Å²) in [5.74, 6) is 0.477.